The minimum atomic E-state index is 0.00295. The first-order valence-corrected chi connectivity index (χ1v) is 10.0. The van der Waals surface area contributed by atoms with Gasteiger partial charge in [-0.25, -0.2) is 0 Å². The topological polar surface area (TPSA) is 75.4 Å². The van der Waals surface area contributed by atoms with Gasteiger partial charge in [0.05, 0.1) is 0 Å². The summed E-state index contributed by atoms with van der Waals surface area (Å²) in [5.41, 5.74) is 2.55. The second-order valence-corrected chi connectivity index (χ2v) is 7.87. The Morgan fingerprint density at radius 1 is 1.11 bits per heavy atom. The summed E-state index contributed by atoms with van der Waals surface area (Å²) in [6.07, 6.45) is 4.35. The molecule has 0 radical (unpaired) electrons. The normalized spacial score (nSPS) is 19.8. The molecule has 3 heterocycles. The maximum absolute atomic E-state index is 12.7. The molecule has 1 unspecified atom stereocenters. The Morgan fingerprint density at radius 2 is 1.96 bits per heavy atom. The van der Waals surface area contributed by atoms with Crippen molar-refractivity contribution < 1.29 is 4.79 Å². The highest BCUT2D eigenvalue weighted by Gasteiger charge is 2.30. The van der Waals surface area contributed by atoms with Crippen LogP contribution in [0.15, 0.2) is 36.4 Å². The first-order valence-electron chi connectivity index (χ1n) is 10.0. The number of hydrogen-bond donors (Lipinski definition) is 1. The highest BCUT2D eigenvalue weighted by Crippen LogP contribution is 2.38. The molecule has 1 saturated carbocycles. The number of anilines is 1. The summed E-state index contributed by atoms with van der Waals surface area (Å²) in [5, 5.41) is 16.6. The number of fused-ring (bicyclic) bond motifs is 1. The van der Waals surface area contributed by atoms with Crippen molar-refractivity contribution in [2.45, 2.75) is 44.6 Å². The summed E-state index contributed by atoms with van der Waals surface area (Å²) in [4.78, 5) is 14.9. The van der Waals surface area contributed by atoms with Gasteiger partial charge in [-0.15, -0.1) is 15.3 Å². The quantitative estimate of drug-likeness (QED) is 0.758. The van der Waals surface area contributed by atoms with Gasteiger partial charge in [0.2, 0.25) is 0 Å². The molecular weight excluding hydrogens is 352 g/mol. The fraction of sp³-hybridized carbons (Fsp3) is 0.429. The lowest BCUT2D eigenvalue weighted by Gasteiger charge is -2.34. The lowest BCUT2D eigenvalue weighted by Crippen LogP contribution is -2.48. The number of nitrogens with zero attached hydrogens (tertiary/aromatic N) is 5. The molecule has 1 aliphatic heterocycles. The predicted molar refractivity (Wildman–Crippen MR) is 107 cm³/mol. The molecule has 5 rings (SSSR count). The van der Waals surface area contributed by atoms with Crippen molar-refractivity contribution in [2.24, 2.45) is 0 Å². The van der Waals surface area contributed by atoms with E-state index in [0.717, 1.165) is 54.3 Å². The number of benzene rings is 1. The molecule has 0 spiro atoms. The van der Waals surface area contributed by atoms with E-state index < -0.39 is 0 Å². The number of nitrogens with one attached hydrogen (secondary N) is 1. The number of carbonyl (C=O) groups excluding carboxylic acids is 1. The van der Waals surface area contributed by atoms with E-state index in [1.165, 1.54) is 12.8 Å². The zero-order chi connectivity index (χ0) is 19.1. The molecule has 1 aliphatic carbocycles. The average Bonchev–Trinajstić information content (AvgIpc) is 3.47. The largest absolute Gasteiger partial charge is 0.353 e. The van der Waals surface area contributed by atoms with Gasteiger partial charge in [-0.3, -0.25) is 4.79 Å². The first kappa shape index (κ1) is 17.2. The van der Waals surface area contributed by atoms with Gasteiger partial charge in [0, 0.05) is 30.6 Å². The molecule has 7 nitrogen and oxygen atoms in total. The van der Waals surface area contributed by atoms with Crippen LogP contribution < -0.4 is 10.2 Å². The Hall–Kier alpha value is -2.96. The maximum atomic E-state index is 12.7. The summed E-state index contributed by atoms with van der Waals surface area (Å²) in [5.74, 6) is 2.39. The summed E-state index contributed by atoms with van der Waals surface area (Å²) in [7, 11) is 0. The summed E-state index contributed by atoms with van der Waals surface area (Å²) in [6.45, 7) is 3.67. The Morgan fingerprint density at radius 3 is 2.79 bits per heavy atom. The number of aryl methyl sites for hydroxylation is 1. The third-order valence-corrected chi connectivity index (χ3v) is 5.69. The molecule has 1 atom stereocenters. The molecule has 0 bridgehead atoms. The van der Waals surface area contributed by atoms with E-state index in [1.807, 2.05) is 47.8 Å². The van der Waals surface area contributed by atoms with Crippen LogP contribution in [0.5, 0.6) is 0 Å². The van der Waals surface area contributed by atoms with E-state index in [2.05, 4.69) is 20.4 Å². The fourth-order valence-corrected chi connectivity index (χ4v) is 3.95. The summed E-state index contributed by atoms with van der Waals surface area (Å²) >= 11 is 0. The second-order valence-electron chi connectivity index (χ2n) is 7.87. The number of rotatable bonds is 4. The standard InChI is InChI=1S/C21H24N6O/c1-14-5-2-3-7-17(14)21(28)22-16-6-4-12-26(13-16)19-11-10-18-23-24-20(15-8-9-15)27(18)25-19/h2-3,5,7,10-11,15-16H,4,6,8-9,12-13H2,1H3,(H,22,28). The van der Waals surface area contributed by atoms with E-state index >= 15 is 0 Å². The molecule has 1 amide bonds. The molecule has 2 fully saturated rings. The van der Waals surface area contributed by atoms with E-state index in [-0.39, 0.29) is 11.9 Å². The third kappa shape index (κ3) is 3.21. The fourth-order valence-electron chi connectivity index (χ4n) is 3.95. The van der Waals surface area contributed by atoms with Crippen LogP contribution in [0.3, 0.4) is 0 Å². The van der Waals surface area contributed by atoms with Gasteiger partial charge in [-0.05, 0) is 56.4 Å². The molecule has 1 N–H and O–H groups in total. The van der Waals surface area contributed by atoms with Gasteiger partial charge in [-0.2, -0.15) is 4.52 Å². The van der Waals surface area contributed by atoms with E-state index in [4.69, 9.17) is 5.10 Å². The molecule has 3 aromatic rings. The number of amides is 1. The van der Waals surface area contributed by atoms with Crippen molar-refractivity contribution in [1.29, 1.82) is 0 Å². The van der Waals surface area contributed by atoms with E-state index in [9.17, 15) is 4.79 Å². The predicted octanol–water partition coefficient (Wildman–Crippen LogP) is 2.71. The molecule has 2 aliphatic rings. The van der Waals surface area contributed by atoms with E-state index in [0.29, 0.717) is 5.92 Å². The van der Waals surface area contributed by atoms with Crippen LogP contribution in [-0.2, 0) is 0 Å². The van der Waals surface area contributed by atoms with Gasteiger partial charge in [-0.1, -0.05) is 18.2 Å². The monoisotopic (exact) mass is 376 g/mol. The third-order valence-electron chi connectivity index (χ3n) is 5.69. The van der Waals surface area contributed by atoms with Gasteiger partial charge >= 0.3 is 0 Å². The average molecular weight is 376 g/mol. The van der Waals surface area contributed by atoms with Crippen LogP contribution in [0.1, 0.15) is 53.3 Å². The number of aromatic nitrogens is 4. The number of hydrogen-bond acceptors (Lipinski definition) is 5. The molecule has 2 aromatic heterocycles. The zero-order valence-corrected chi connectivity index (χ0v) is 16.0. The van der Waals surface area contributed by atoms with E-state index in [1.54, 1.807) is 0 Å². The summed E-state index contributed by atoms with van der Waals surface area (Å²) in [6, 6.07) is 11.8. The maximum Gasteiger partial charge on any atom is 0.251 e. The summed E-state index contributed by atoms with van der Waals surface area (Å²) < 4.78 is 1.89. The second kappa shape index (κ2) is 6.89. The van der Waals surface area contributed by atoms with Crippen molar-refractivity contribution >= 4 is 17.4 Å². The smallest absolute Gasteiger partial charge is 0.251 e. The van der Waals surface area contributed by atoms with Crippen LogP contribution in [0.2, 0.25) is 0 Å². The van der Waals surface area contributed by atoms with Crippen molar-refractivity contribution in [2.75, 3.05) is 18.0 Å². The Labute approximate surface area is 163 Å². The molecule has 1 saturated heterocycles. The Bertz CT molecular complexity index is 1020. The molecule has 7 heteroatoms. The van der Waals surface area contributed by atoms with Gasteiger partial charge in [0.25, 0.3) is 5.91 Å². The highest BCUT2D eigenvalue weighted by molar-refractivity contribution is 5.95. The lowest BCUT2D eigenvalue weighted by molar-refractivity contribution is 0.0932. The number of carbonyl (C=O) groups is 1. The van der Waals surface area contributed by atoms with Crippen LogP contribution in [0.4, 0.5) is 5.82 Å². The van der Waals surface area contributed by atoms with Crippen molar-refractivity contribution in [3.8, 4) is 0 Å². The van der Waals surface area contributed by atoms with Crippen molar-refractivity contribution in [1.82, 2.24) is 25.1 Å². The van der Waals surface area contributed by atoms with Crippen LogP contribution in [0.25, 0.3) is 5.65 Å². The van der Waals surface area contributed by atoms with Gasteiger partial charge in [0.1, 0.15) is 5.82 Å². The first-order chi connectivity index (χ1) is 13.7. The SMILES string of the molecule is Cc1ccccc1C(=O)NC1CCCN(c2ccc3nnc(C4CC4)n3n2)C1. The number of piperidine rings is 1. The molecule has 28 heavy (non-hydrogen) atoms. The van der Waals surface area contributed by atoms with Crippen molar-refractivity contribution in [3.05, 3.63) is 53.3 Å². The van der Waals surface area contributed by atoms with Crippen LogP contribution >= 0.6 is 0 Å². The lowest BCUT2D eigenvalue weighted by atomic mass is 10.0. The molecular formula is C21H24N6O. The minimum absolute atomic E-state index is 0.00295. The Balaban J connectivity index is 1.33. The van der Waals surface area contributed by atoms with Crippen LogP contribution in [0, 0.1) is 6.92 Å². The minimum Gasteiger partial charge on any atom is -0.353 e. The van der Waals surface area contributed by atoms with Crippen LogP contribution in [-0.4, -0.2) is 44.8 Å². The van der Waals surface area contributed by atoms with Gasteiger partial charge < -0.3 is 10.2 Å². The molecule has 1 aromatic carbocycles. The van der Waals surface area contributed by atoms with Crippen molar-refractivity contribution in [3.63, 3.8) is 0 Å². The Kier molecular flexibility index (Phi) is 4.22. The van der Waals surface area contributed by atoms with Gasteiger partial charge in [0.15, 0.2) is 11.5 Å². The molecule has 144 valence electrons. The zero-order valence-electron chi connectivity index (χ0n) is 16.0. The highest BCUT2D eigenvalue weighted by atomic mass is 16.1.